The number of amides is 1. The van der Waals surface area contributed by atoms with Crippen molar-refractivity contribution in [3.05, 3.63) is 50.0 Å². The number of hydrogen-bond acceptors (Lipinski definition) is 3. The fraction of sp³-hybridized carbons (Fsp3) is 0.167. The predicted octanol–water partition coefficient (Wildman–Crippen LogP) is 2.84. The molecule has 2 aromatic heterocycles. The van der Waals surface area contributed by atoms with Crippen molar-refractivity contribution in [2.45, 2.75) is 13.5 Å². The van der Waals surface area contributed by atoms with E-state index in [-0.39, 0.29) is 11.5 Å². The fourth-order valence-electron chi connectivity index (χ4n) is 1.48. The molecule has 0 spiro atoms. The maximum absolute atomic E-state index is 11.9. The summed E-state index contributed by atoms with van der Waals surface area (Å²) in [7, 11) is 0. The molecule has 0 atom stereocenters. The van der Waals surface area contributed by atoms with Gasteiger partial charge in [-0.2, -0.15) is 0 Å². The number of thiophene rings is 1. The summed E-state index contributed by atoms with van der Waals surface area (Å²) in [4.78, 5) is 23.8. The molecule has 0 bridgehead atoms. The third-order valence-corrected chi connectivity index (χ3v) is 3.65. The molecule has 0 aliphatic rings. The maximum Gasteiger partial charge on any atom is 0.265 e. The molecule has 4 nitrogen and oxygen atoms in total. The molecule has 2 heterocycles. The quantitative estimate of drug-likeness (QED) is 0.941. The monoisotopic (exact) mass is 282 g/mol. The second-order valence-electron chi connectivity index (χ2n) is 3.63. The highest BCUT2D eigenvalue weighted by molar-refractivity contribution is 7.12. The standard InChI is InChI=1S/C12H11ClN2O2S/c1-2-15-6-9(3-4-11(15)16)14-12(17)10-5-8(13)7-18-10/h3-7H,2H2,1H3,(H,14,17). The van der Waals surface area contributed by atoms with Gasteiger partial charge in [0.05, 0.1) is 15.6 Å². The van der Waals surface area contributed by atoms with Gasteiger partial charge in [0.2, 0.25) is 0 Å². The first-order valence-electron chi connectivity index (χ1n) is 5.36. The number of halogens is 1. The van der Waals surface area contributed by atoms with E-state index in [0.717, 1.165) is 0 Å². The zero-order valence-corrected chi connectivity index (χ0v) is 11.2. The van der Waals surface area contributed by atoms with Crippen LogP contribution in [0.15, 0.2) is 34.6 Å². The summed E-state index contributed by atoms with van der Waals surface area (Å²) in [6.45, 7) is 2.43. The number of carbonyl (C=O) groups is 1. The van der Waals surface area contributed by atoms with Crippen molar-refractivity contribution < 1.29 is 4.79 Å². The minimum atomic E-state index is -0.229. The molecule has 2 rings (SSSR count). The number of aromatic nitrogens is 1. The molecule has 6 heteroatoms. The van der Waals surface area contributed by atoms with Crippen molar-refractivity contribution in [2.24, 2.45) is 0 Å². The number of aryl methyl sites for hydroxylation is 1. The molecule has 0 aliphatic heterocycles. The van der Waals surface area contributed by atoms with E-state index in [9.17, 15) is 9.59 Å². The number of anilines is 1. The lowest BCUT2D eigenvalue weighted by Gasteiger charge is -2.06. The molecule has 2 aromatic rings. The molecule has 0 aliphatic carbocycles. The van der Waals surface area contributed by atoms with Crippen molar-refractivity contribution in [1.29, 1.82) is 0 Å². The lowest BCUT2D eigenvalue weighted by Crippen LogP contribution is -2.19. The third-order valence-electron chi connectivity index (χ3n) is 2.37. The van der Waals surface area contributed by atoms with Crippen LogP contribution in [-0.2, 0) is 6.54 Å². The second-order valence-corrected chi connectivity index (χ2v) is 4.97. The zero-order chi connectivity index (χ0) is 13.1. The van der Waals surface area contributed by atoms with Crippen molar-refractivity contribution in [3.8, 4) is 0 Å². The number of rotatable bonds is 3. The van der Waals surface area contributed by atoms with Gasteiger partial charge < -0.3 is 9.88 Å². The summed E-state index contributed by atoms with van der Waals surface area (Å²) >= 11 is 7.04. The van der Waals surface area contributed by atoms with Crippen LogP contribution in [-0.4, -0.2) is 10.5 Å². The highest BCUT2D eigenvalue weighted by Crippen LogP contribution is 2.20. The molecule has 1 N–H and O–H groups in total. The fourth-order valence-corrected chi connectivity index (χ4v) is 2.45. The van der Waals surface area contributed by atoms with Crippen molar-refractivity contribution >= 4 is 34.5 Å². The number of hydrogen-bond donors (Lipinski definition) is 1. The molecular weight excluding hydrogens is 272 g/mol. The molecule has 0 saturated carbocycles. The van der Waals surface area contributed by atoms with Crippen LogP contribution in [0.25, 0.3) is 0 Å². The van der Waals surface area contributed by atoms with E-state index in [2.05, 4.69) is 5.32 Å². The molecular formula is C12H11ClN2O2S. The Balaban J connectivity index is 2.19. The Morgan fingerprint density at radius 3 is 2.89 bits per heavy atom. The lowest BCUT2D eigenvalue weighted by molar-refractivity contribution is 0.103. The van der Waals surface area contributed by atoms with Crippen molar-refractivity contribution in [3.63, 3.8) is 0 Å². The van der Waals surface area contributed by atoms with Crippen LogP contribution in [0.4, 0.5) is 5.69 Å². The zero-order valence-electron chi connectivity index (χ0n) is 9.64. The van der Waals surface area contributed by atoms with Crippen molar-refractivity contribution in [1.82, 2.24) is 4.57 Å². The maximum atomic E-state index is 11.9. The summed E-state index contributed by atoms with van der Waals surface area (Å²) in [6, 6.07) is 4.62. The van der Waals surface area contributed by atoms with Gasteiger partial charge in [-0.3, -0.25) is 9.59 Å². The number of nitrogens with one attached hydrogen (secondary N) is 1. The molecule has 0 saturated heterocycles. The van der Waals surface area contributed by atoms with E-state index in [0.29, 0.717) is 22.1 Å². The Bertz CT molecular complexity index is 633. The van der Waals surface area contributed by atoms with Gasteiger partial charge in [0.1, 0.15) is 0 Å². The van der Waals surface area contributed by atoms with Crippen LogP contribution in [0.2, 0.25) is 5.02 Å². The Kier molecular flexibility index (Phi) is 3.84. The van der Waals surface area contributed by atoms with E-state index in [1.54, 1.807) is 23.7 Å². The summed E-state index contributed by atoms with van der Waals surface area (Å²) in [5, 5.41) is 4.97. The van der Waals surface area contributed by atoms with Crippen molar-refractivity contribution in [2.75, 3.05) is 5.32 Å². The Morgan fingerprint density at radius 2 is 2.28 bits per heavy atom. The van der Waals surface area contributed by atoms with Gasteiger partial charge >= 0.3 is 0 Å². The summed E-state index contributed by atoms with van der Waals surface area (Å²) in [6.07, 6.45) is 1.62. The van der Waals surface area contributed by atoms with Crippen LogP contribution in [0.5, 0.6) is 0 Å². The molecule has 94 valence electrons. The average Bonchev–Trinajstić information content (AvgIpc) is 2.78. The Morgan fingerprint density at radius 1 is 1.50 bits per heavy atom. The molecule has 1 amide bonds. The van der Waals surface area contributed by atoms with Gasteiger partial charge in [-0.15, -0.1) is 11.3 Å². The second kappa shape index (κ2) is 5.37. The van der Waals surface area contributed by atoms with E-state index in [1.165, 1.54) is 22.0 Å². The van der Waals surface area contributed by atoms with E-state index < -0.39 is 0 Å². The highest BCUT2D eigenvalue weighted by atomic mass is 35.5. The largest absolute Gasteiger partial charge is 0.320 e. The van der Waals surface area contributed by atoms with Crippen LogP contribution in [0, 0.1) is 0 Å². The summed E-state index contributed by atoms with van der Waals surface area (Å²) in [5.74, 6) is -0.229. The first-order chi connectivity index (χ1) is 8.60. The average molecular weight is 283 g/mol. The SMILES string of the molecule is CCn1cc(NC(=O)c2cc(Cl)cs2)ccc1=O. The van der Waals surface area contributed by atoms with Gasteiger partial charge in [-0.05, 0) is 19.1 Å². The molecule has 0 aromatic carbocycles. The summed E-state index contributed by atoms with van der Waals surface area (Å²) in [5.41, 5.74) is 0.501. The smallest absolute Gasteiger partial charge is 0.265 e. The number of carbonyl (C=O) groups excluding carboxylic acids is 1. The van der Waals surface area contributed by atoms with Crippen LogP contribution >= 0.6 is 22.9 Å². The first-order valence-corrected chi connectivity index (χ1v) is 6.62. The minimum absolute atomic E-state index is 0.0883. The molecule has 0 fully saturated rings. The molecule has 18 heavy (non-hydrogen) atoms. The van der Waals surface area contributed by atoms with Gasteiger partial charge in [0, 0.05) is 24.2 Å². The van der Waals surface area contributed by atoms with Crippen LogP contribution < -0.4 is 10.9 Å². The summed E-state index contributed by atoms with van der Waals surface area (Å²) < 4.78 is 1.52. The topological polar surface area (TPSA) is 51.1 Å². The first kappa shape index (κ1) is 12.9. The minimum Gasteiger partial charge on any atom is -0.320 e. The highest BCUT2D eigenvalue weighted by Gasteiger charge is 2.09. The van der Waals surface area contributed by atoms with E-state index >= 15 is 0 Å². The van der Waals surface area contributed by atoms with E-state index in [4.69, 9.17) is 11.6 Å². The van der Waals surface area contributed by atoms with Crippen LogP contribution in [0.1, 0.15) is 16.6 Å². The predicted molar refractivity (Wildman–Crippen MR) is 73.7 cm³/mol. The van der Waals surface area contributed by atoms with E-state index in [1.807, 2.05) is 6.92 Å². The Hall–Kier alpha value is -1.59. The number of nitrogens with zero attached hydrogens (tertiary/aromatic N) is 1. The van der Waals surface area contributed by atoms with Gasteiger partial charge in [-0.25, -0.2) is 0 Å². The van der Waals surface area contributed by atoms with Crippen LogP contribution in [0.3, 0.4) is 0 Å². The van der Waals surface area contributed by atoms with Gasteiger partial charge in [-0.1, -0.05) is 11.6 Å². The molecule has 0 unspecified atom stereocenters. The molecule has 0 radical (unpaired) electrons. The lowest BCUT2D eigenvalue weighted by atomic mass is 10.3. The Labute approximate surface area is 113 Å². The van der Waals surface area contributed by atoms with Gasteiger partial charge in [0.25, 0.3) is 11.5 Å². The van der Waals surface area contributed by atoms with Gasteiger partial charge in [0.15, 0.2) is 0 Å². The normalized spacial score (nSPS) is 10.3. The number of pyridine rings is 1. The third kappa shape index (κ3) is 2.80.